The largest absolute Gasteiger partial charge is 0.481 e. The number of carbonyl (C=O) groups excluding carboxylic acids is 1. The van der Waals surface area contributed by atoms with Gasteiger partial charge in [0.1, 0.15) is 5.82 Å². The van der Waals surface area contributed by atoms with Crippen LogP contribution in [0.5, 0.6) is 0 Å². The van der Waals surface area contributed by atoms with Crippen molar-refractivity contribution < 1.29 is 19.1 Å². The molecule has 2 amide bonds. The van der Waals surface area contributed by atoms with Gasteiger partial charge in [-0.15, -0.1) is 0 Å². The predicted molar refractivity (Wildman–Crippen MR) is 78.6 cm³/mol. The molecule has 1 aliphatic rings. The summed E-state index contributed by atoms with van der Waals surface area (Å²) < 4.78 is 13.9. The molecule has 0 radical (unpaired) electrons. The molecule has 2 rings (SSSR count). The highest BCUT2D eigenvalue weighted by Crippen LogP contribution is 2.37. The minimum absolute atomic E-state index is 0.0953. The molecule has 0 bridgehead atoms. The van der Waals surface area contributed by atoms with E-state index in [1.165, 1.54) is 11.0 Å². The van der Waals surface area contributed by atoms with E-state index in [4.69, 9.17) is 5.11 Å². The molecule has 7 heteroatoms. The Balaban J connectivity index is 2.02. The van der Waals surface area contributed by atoms with E-state index in [1.807, 2.05) is 0 Å². The number of benzene rings is 1. The molecule has 114 valence electrons. The summed E-state index contributed by atoms with van der Waals surface area (Å²) in [7, 11) is 1.55. The topological polar surface area (TPSA) is 69.6 Å². The molecule has 1 aromatic carbocycles. The third-order valence-electron chi connectivity index (χ3n) is 3.60. The van der Waals surface area contributed by atoms with Gasteiger partial charge in [-0.2, -0.15) is 0 Å². The molecule has 5 nitrogen and oxygen atoms in total. The van der Waals surface area contributed by atoms with Gasteiger partial charge in [0, 0.05) is 13.6 Å². The molecule has 0 saturated heterocycles. The van der Waals surface area contributed by atoms with Crippen LogP contribution in [0, 0.1) is 5.82 Å². The van der Waals surface area contributed by atoms with E-state index in [2.05, 4.69) is 21.2 Å². The number of hydrogen-bond acceptors (Lipinski definition) is 2. The number of carboxylic acids is 1. The van der Waals surface area contributed by atoms with Crippen LogP contribution in [0.25, 0.3) is 0 Å². The van der Waals surface area contributed by atoms with E-state index in [0.29, 0.717) is 17.3 Å². The molecule has 21 heavy (non-hydrogen) atoms. The molecule has 1 aliphatic carbocycles. The first-order valence-electron chi connectivity index (χ1n) is 6.60. The number of hydrogen-bond donors (Lipinski definition) is 2. The minimum atomic E-state index is -0.944. The first-order valence-corrected chi connectivity index (χ1v) is 7.39. The predicted octanol–water partition coefficient (Wildman–Crippen LogP) is 2.69. The Morgan fingerprint density at radius 2 is 2.24 bits per heavy atom. The lowest BCUT2D eigenvalue weighted by Crippen LogP contribution is -2.39. The summed E-state index contributed by atoms with van der Waals surface area (Å²) in [5, 5.41) is 11.5. The van der Waals surface area contributed by atoms with Gasteiger partial charge in [0.2, 0.25) is 0 Å². The van der Waals surface area contributed by atoms with Crippen LogP contribution < -0.4 is 5.32 Å². The lowest BCUT2D eigenvalue weighted by Gasteiger charge is -2.21. The number of rotatable bonds is 4. The fraction of sp³-hybridized carbons (Fsp3) is 0.429. The van der Waals surface area contributed by atoms with Crippen LogP contribution in [-0.4, -0.2) is 35.6 Å². The zero-order chi connectivity index (χ0) is 15.6. The van der Waals surface area contributed by atoms with Gasteiger partial charge < -0.3 is 15.3 Å². The molecular weight excluding hydrogens is 343 g/mol. The van der Waals surface area contributed by atoms with Crippen molar-refractivity contribution in [2.75, 3.05) is 13.6 Å². The van der Waals surface area contributed by atoms with Gasteiger partial charge in [-0.3, -0.25) is 4.79 Å². The van der Waals surface area contributed by atoms with Gasteiger partial charge in [-0.1, -0.05) is 6.07 Å². The third kappa shape index (κ3) is 3.53. The van der Waals surface area contributed by atoms with Gasteiger partial charge in [-0.25, -0.2) is 9.18 Å². The number of nitrogens with zero attached hydrogens (tertiary/aromatic N) is 1. The first-order chi connectivity index (χ1) is 9.90. The maximum Gasteiger partial charge on any atom is 0.317 e. The highest BCUT2D eigenvalue weighted by Gasteiger charge is 2.27. The van der Waals surface area contributed by atoms with Gasteiger partial charge in [-0.05, 0) is 46.0 Å². The number of aliphatic carboxylic acids is 1. The summed E-state index contributed by atoms with van der Waals surface area (Å²) in [5.74, 6) is -1.25. The van der Waals surface area contributed by atoms with Crippen molar-refractivity contribution in [1.29, 1.82) is 0 Å². The van der Waals surface area contributed by atoms with Gasteiger partial charge in [0.25, 0.3) is 0 Å². The first kappa shape index (κ1) is 15.8. The van der Waals surface area contributed by atoms with Crippen LogP contribution in [-0.2, 0) is 11.2 Å². The fourth-order valence-corrected chi connectivity index (χ4v) is 2.97. The Bertz CT molecular complexity index is 580. The molecule has 1 atom stereocenters. The van der Waals surface area contributed by atoms with E-state index in [1.54, 1.807) is 13.1 Å². The Hall–Kier alpha value is -1.63. The number of nitrogens with one attached hydrogen (secondary N) is 1. The van der Waals surface area contributed by atoms with Gasteiger partial charge >= 0.3 is 12.0 Å². The highest BCUT2D eigenvalue weighted by molar-refractivity contribution is 9.10. The summed E-state index contributed by atoms with van der Waals surface area (Å²) in [6, 6.07) is 2.57. The number of fused-ring (bicyclic) bond motifs is 1. The van der Waals surface area contributed by atoms with Crippen LogP contribution in [0.1, 0.15) is 30.0 Å². The van der Waals surface area contributed by atoms with Crippen LogP contribution in [0.3, 0.4) is 0 Å². The highest BCUT2D eigenvalue weighted by atomic mass is 79.9. The van der Waals surface area contributed by atoms with Crippen molar-refractivity contribution in [3.8, 4) is 0 Å². The van der Waals surface area contributed by atoms with E-state index in [-0.39, 0.29) is 30.9 Å². The summed E-state index contributed by atoms with van der Waals surface area (Å²) in [4.78, 5) is 23.9. The Morgan fingerprint density at radius 3 is 2.90 bits per heavy atom. The molecule has 1 aromatic rings. The average Bonchev–Trinajstić information content (AvgIpc) is 2.83. The summed E-state index contributed by atoms with van der Waals surface area (Å²) in [6.07, 6.45) is 1.30. The zero-order valence-electron chi connectivity index (χ0n) is 11.5. The summed E-state index contributed by atoms with van der Waals surface area (Å²) >= 11 is 3.23. The molecule has 0 fully saturated rings. The minimum Gasteiger partial charge on any atom is -0.481 e. The van der Waals surface area contributed by atoms with Crippen molar-refractivity contribution >= 4 is 27.9 Å². The number of carbonyl (C=O) groups is 2. The quantitative estimate of drug-likeness (QED) is 0.869. The van der Waals surface area contributed by atoms with Crippen molar-refractivity contribution in [1.82, 2.24) is 10.2 Å². The van der Waals surface area contributed by atoms with E-state index < -0.39 is 5.97 Å². The van der Waals surface area contributed by atoms with Crippen LogP contribution in [0.15, 0.2) is 16.6 Å². The fourth-order valence-electron chi connectivity index (χ4n) is 2.41. The molecular formula is C14H16BrFN2O3. The van der Waals surface area contributed by atoms with E-state index in [9.17, 15) is 14.0 Å². The zero-order valence-corrected chi connectivity index (χ0v) is 13.1. The van der Waals surface area contributed by atoms with Gasteiger partial charge in [0.15, 0.2) is 0 Å². The second-order valence-corrected chi connectivity index (χ2v) is 5.83. The molecule has 0 saturated carbocycles. The SMILES string of the molecule is CN(CCC(=O)O)C(=O)NC1CCc2c1ccc(F)c2Br. The molecule has 2 N–H and O–H groups in total. The molecule has 0 aliphatic heterocycles. The van der Waals surface area contributed by atoms with Crippen molar-refractivity contribution in [2.24, 2.45) is 0 Å². The lowest BCUT2D eigenvalue weighted by molar-refractivity contribution is -0.137. The molecule has 0 aromatic heterocycles. The van der Waals surface area contributed by atoms with Crippen molar-refractivity contribution in [3.05, 3.63) is 33.5 Å². The Labute approximate surface area is 130 Å². The monoisotopic (exact) mass is 358 g/mol. The Kier molecular flexibility index (Phi) is 4.82. The van der Waals surface area contributed by atoms with Crippen LogP contribution in [0.4, 0.5) is 9.18 Å². The summed E-state index contributed by atoms with van der Waals surface area (Å²) in [5.41, 5.74) is 1.79. The van der Waals surface area contributed by atoms with Gasteiger partial charge in [0.05, 0.1) is 16.9 Å². The lowest BCUT2D eigenvalue weighted by atomic mass is 10.1. The molecule has 0 spiro atoms. The smallest absolute Gasteiger partial charge is 0.317 e. The maximum absolute atomic E-state index is 13.5. The number of halogens is 2. The average molecular weight is 359 g/mol. The van der Waals surface area contributed by atoms with Crippen LogP contribution in [0.2, 0.25) is 0 Å². The molecule has 1 unspecified atom stereocenters. The third-order valence-corrected chi connectivity index (χ3v) is 4.45. The molecule has 0 heterocycles. The van der Waals surface area contributed by atoms with E-state index >= 15 is 0 Å². The van der Waals surface area contributed by atoms with Crippen molar-refractivity contribution in [3.63, 3.8) is 0 Å². The normalized spacial score (nSPS) is 16.4. The maximum atomic E-state index is 13.5. The second-order valence-electron chi connectivity index (χ2n) is 5.04. The second kappa shape index (κ2) is 6.43. The van der Waals surface area contributed by atoms with Crippen molar-refractivity contribution in [2.45, 2.75) is 25.3 Å². The standard InChI is InChI=1S/C14H16BrFN2O3/c1-18(7-6-12(19)20)14(21)17-11-5-3-9-8(11)2-4-10(16)13(9)15/h2,4,11H,3,5-7H2,1H3,(H,17,21)(H,19,20). The number of urea groups is 1. The summed E-state index contributed by atoms with van der Waals surface area (Å²) in [6.45, 7) is 0.147. The van der Waals surface area contributed by atoms with Crippen LogP contribution >= 0.6 is 15.9 Å². The number of carboxylic acid groups (broad SMARTS) is 1. The number of amides is 2. The van der Waals surface area contributed by atoms with E-state index in [0.717, 1.165) is 11.1 Å². The Morgan fingerprint density at radius 1 is 1.52 bits per heavy atom.